The first-order chi connectivity index (χ1) is 15.4. The molecule has 9 heteroatoms. The number of ether oxygens (including phenoxy) is 1. The van der Waals surface area contributed by atoms with Crippen LogP contribution in [0.5, 0.6) is 0 Å². The summed E-state index contributed by atoms with van der Waals surface area (Å²) in [7, 11) is 1.58. The highest BCUT2D eigenvalue weighted by Crippen LogP contribution is 2.23. The van der Waals surface area contributed by atoms with E-state index in [1.807, 2.05) is 55.8 Å². The van der Waals surface area contributed by atoms with E-state index in [0.717, 1.165) is 11.4 Å². The Balaban J connectivity index is 1.74. The van der Waals surface area contributed by atoms with Gasteiger partial charge in [-0.05, 0) is 39.0 Å². The molecule has 0 aliphatic rings. The molecular formula is C23H25N5O3S. The third-order valence-corrected chi connectivity index (χ3v) is 6.09. The zero-order valence-electron chi connectivity index (χ0n) is 18.5. The van der Waals surface area contributed by atoms with E-state index >= 15 is 0 Å². The Morgan fingerprint density at radius 3 is 2.66 bits per heavy atom. The number of hydrogen-bond acceptors (Lipinski definition) is 6. The smallest absolute Gasteiger partial charge is 0.268 e. The van der Waals surface area contributed by atoms with Gasteiger partial charge < -0.3 is 10.1 Å². The molecule has 0 aliphatic carbocycles. The maximum absolute atomic E-state index is 13.5. The van der Waals surface area contributed by atoms with Crippen molar-refractivity contribution in [3.05, 3.63) is 68.7 Å². The number of benzene rings is 1. The second-order valence-electron chi connectivity index (χ2n) is 7.66. The monoisotopic (exact) mass is 451 g/mol. The van der Waals surface area contributed by atoms with Gasteiger partial charge >= 0.3 is 0 Å². The van der Waals surface area contributed by atoms with Gasteiger partial charge in [-0.15, -0.1) is 11.3 Å². The number of thiazole rings is 1. The van der Waals surface area contributed by atoms with E-state index in [4.69, 9.17) is 9.84 Å². The molecule has 0 fully saturated rings. The highest BCUT2D eigenvalue weighted by molar-refractivity contribution is 7.15. The topological polar surface area (TPSA) is 90.5 Å². The first-order valence-corrected chi connectivity index (χ1v) is 11.2. The summed E-state index contributed by atoms with van der Waals surface area (Å²) in [5.41, 5.74) is 5.01. The highest BCUT2D eigenvalue weighted by atomic mass is 32.1. The maximum Gasteiger partial charge on any atom is 0.268 e. The van der Waals surface area contributed by atoms with Crippen LogP contribution in [0.1, 0.15) is 22.6 Å². The van der Waals surface area contributed by atoms with E-state index in [9.17, 15) is 9.59 Å². The number of carbonyl (C=O) groups is 1. The first-order valence-electron chi connectivity index (χ1n) is 10.3. The van der Waals surface area contributed by atoms with Crippen molar-refractivity contribution < 1.29 is 9.53 Å². The molecule has 0 saturated heterocycles. The predicted molar refractivity (Wildman–Crippen MR) is 125 cm³/mol. The SMILES string of the molecule is COCCNC(=O)Cc1csc2nc(C)c(-c3cc(C)n(-c4ccc(C)cc4)n3)c(=O)n12. The lowest BCUT2D eigenvalue weighted by Gasteiger charge is -2.07. The third kappa shape index (κ3) is 4.21. The van der Waals surface area contributed by atoms with E-state index in [2.05, 4.69) is 10.3 Å². The van der Waals surface area contributed by atoms with Gasteiger partial charge in [0.1, 0.15) is 5.69 Å². The number of amides is 1. The van der Waals surface area contributed by atoms with Crippen molar-refractivity contribution in [1.29, 1.82) is 0 Å². The number of rotatable bonds is 7. The molecule has 166 valence electrons. The van der Waals surface area contributed by atoms with Gasteiger partial charge in [0.2, 0.25) is 5.91 Å². The van der Waals surface area contributed by atoms with Crippen LogP contribution in [0.3, 0.4) is 0 Å². The van der Waals surface area contributed by atoms with Gasteiger partial charge in [-0.3, -0.25) is 14.0 Å². The average molecular weight is 452 g/mol. The van der Waals surface area contributed by atoms with Crippen LogP contribution in [0.2, 0.25) is 0 Å². The summed E-state index contributed by atoms with van der Waals surface area (Å²) in [6, 6.07) is 9.94. The second-order valence-corrected chi connectivity index (χ2v) is 8.50. The van der Waals surface area contributed by atoms with Gasteiger partial charge in [-0.25, -0.2) is 9.67 Å². The quantitative estimate of drug-likeness (QED) is 0.437. The summed E-state index contributed by atoms with van der Waals surface area (Å²) in [5.74, 6) is -0.171. The van der Waals surface area contributed by atoms with Crippen molar-refractivity contribution in [2.45, 2.75) is 27.2 Å². The Morgan fingerprint density at radius 2 is 1.94 bits per heavy atom. The van der Waals surface area contributed by atoms with Gasteiger partial charge in [0.05, 0.1) is 30.0 Å². The van der Waals surface area contributed by atoms with E-state index < -0.39 is 0 Å². The Bertz CT molecular complexity index is 1330. The summed E-state index contributed by atoms with van der Waals surface area (Å²) in [6.45, 7) is 6.66. The molecule has 4 aromatic rings. The van der Waals surface area contributed by atoms with Crippen molar-refractivity contribution in [3.8, 4) is 16.9 Å². The number of aryl methyl sites for hydroxylation is 3. The molecule has 0 atom stereocenters. The van der Waals surface area contributed by atoms with Crippen LogP contribution in [-0.4, -0.2) is 45.3 Å². The van der Waals surface area contributed by atoms with Gasteiger partial charge in [-0.2, -0.15) is 5.10 Å². The summed E-state index contributed by atoms with van der Waals surface area (Å²) in [5, 5.41) is 9.30. The van der Waals surface area contributed by atoms with Crippen LogP contribution in [-0.2, 0) is 16.0 Å². The molecule has 8 nitrogen and oxygen atoms in total. The zero-order valence-corrected chi connectivity index (χ0v) is 19.3. The van der Waals surface area contributed by atoms with Crippen molar-refractivity contribution in [2.75, 3.05) is 20.3 Å². The molecule has 1 amide bonds. The lowest BCUT2D eigenvalue weighted by molar-refractivity contribution is -0.120. The average Bonchev–Trinajstić information content (AvgIpc) is 3.32. The lowest BCUT2D eigenvalue weighted by atomic mass is 10.1. The molecular weight excluding hydrogens is 426 g/mol. The van der Waals surface area contributed by atoms with Gasteiger partial charge in [0, 0.05) is 30.4 Å². The van der Waals surface area contributed by atoms with Gasteiger partial charge in [-0.1, -0.05) is 17.7 Å². The van der Waals surface area contributed by atoms with Gasteiger partial charge in [0.25, 0.3) is 5.56 Å². The molecule has 32 heavy (non-hydrogen) atoms. The van der Waals surface area contributed by atoms with Crippen LogP contribution in [0.25, 0.3) is 21.9 Å². The molecule has 0 spiro atoms. The number of carbonyl (C=O) groups excluding carboxylic acids is 1. The summed E-state index contributed by atoms with van der Waals surface area (Å²) >= 11 is 1.34. The summed E-state index contributed by atoms with van der Waals surface area (Å²) < 4.78 is 8.29. The number of hydrogen-bond donors (Lipinski definition) is 1. The minimum atomic E-state index is -0.220. The molecule has 3 aromatic heterocycles. The van der Waals surface area contributed by atoms with E-state index in [0.29, 0.717) is 40.8 Å². The van der Waals surface area contributed by atoms with E-state index in [1.165, 1.54) is 21.3 Å². The molecule has 0 unspecified atom stereocenters. The van der Waals surface area contributed by atoms with Crippen LogP contribution < -0.4 is 10.9 Å². The first kappa shape index (κ1) is 21.9. The summed E-state index contributed by atoms with van der Waals surface area (Å²) in [6.07, 6.45) is 0.0879. The molecule has 3 heterocycles. The molecule has 0 radical (unpaired) electrons. The minimum Gasteiger partial charge on any atom is -0.383 e. The zero-order chi connectivity index (χ0) is 22.8. The fourth-order valence-electron chi connectivity index (χ4n) is 3.59. The lowest BCUT2D eigenvalue weighted by Crippen LogP contribution is -2.30. The van der Waals surface area contributed by atoms with Crippen molar-refractivity contribution in [3.63, 3.8) is 0 Å². The largest absolute Gasteiger partial charge is 0.383 e. The minimum absolute atomic E-state index is 0.0879. The standard InChI is InChI=1S/C23H25N5O3S/c1-14-5-7-17(8-6-14)28-15(2)11-19(26-28)21-16(3)25-23-27(22(21)30)18(13-32-23)12-20(29)24-9-10-31-4/h5-8,11,13H,9-10,12H2,1-4H3,(H,24,29). The van der Waals surface area contributed by atoms with E-state index in [1.54, 1.807) is 12.5 Å². The normalized spacial score (nSPS) is 11.2. The fourth-order valence-corrected chi connectivity index (χ4v) is 4.51. The highest BCUT2D eigenvalue weighted by Gasteiger charge is 2.20. The maximum atomic E-state index is 13.5. The van der Waals surface area contributed by atoms with Crippen molar-refractivity contribution in [2.24, 2.45) is 0 Å². The third-order valence-electron chi connectivity index (χ3n) is 5.21. The molecule has 0 saturated carbocycles. The summed E-state index contributed by atoms with van der Waals surface area (Å²) in [4.78, 5) is 31.0. The van der Waals surface area contributed by atoms with Crippen LogP contribution >= 0.6 is 11.3 Å². The Labute approximate surface area is 189 Å². The Morgan fingerprint density at radius 1 is 1.19 bits per heavy atom. The number of fused-ring (bicyclic) bond motifs is 1. The predicted octanol–water partition coefficient (Wildman–Crippen LogP) is 2.84. The molecule has 4 rings (SSSR count). The van der Waals surface area contributed by atoms with Crippen molar-refractivity contribution in [1.82, 2.24) is 24.5 Å². The van der Waals surface area contributed by atoms with Crippen molar-refractivity contribution >= 4 is 22.2 Å². The number of aromatic nitrogens is 4. The number of nitrogens with one attached hydrogen (secondary N) is 1. The number of methoxy groups -OCH3 is 1. The van der Waals surface area contributed by atoms with Gasteiger partial charge in [0.15, 0.2) is 4.96 Å². The molecule has 0 bridgehead atoms. The molecule has 1 N–H and O–H groups in total. The van der Waals surface area contributed by atoms with Crippen LogP contribution in [0.15, 0.2) is 40.5 Å². The van der Waals surface area contributed by atoms with Crippen LogP contribution in [0, 0.1) is 20.8 Å². The second kappa shape index (κ2) is 9.05. The fraction of sp³-hybridized carbons (Fsp3) is 0.304. The Hall–Kier alpha value is -3.30. The molecule has 1 aromatic carbocycles. The van der Waals surface area contributed by atoms with Crippen LogP contribution in [0.4, 0.5) is 0 Å². The molecule has 0 aliphatic heterocycles. The number of nitrogens with zero attached hydrogens (tertiary/aromatic N) is 4. The Kier molecular flexibility index (Phi) is 6.20. The van der Waals surface area contributed by atoms with E-state index in [-0.39, 0.29) is 17.9 Å².